The van der Waals surface area contributed by atoms with Gasteiger partial charge in [-0.05, 0) is 22.4 Å². The fourth-order valence-corrected chi connectivity index (χ4v) is 1.65. The lowest BCUT2D eigenvalue weighted by Crippen LogP contribution is -1.78. The molecule has 0 saturated carbocycles. The van der Waals surface area contributed by atoms with Crippen LogP contribution in [0.1, 0.15) is 11.1 Å². The van der Waals surface area contributed by atoms with Crippen LogP contribution >= 0.6 is 0 Å². The molecule has 0 aromatic heterocycles. The zero-order valence-electron chi connectivity index (χ0n) is 9.91. The summed E-state index contributed by atoms with van der Waals surface area (Å²) in [4.78, 5) is 10.6. The molecule has 2 aromatic carbocycles. The minimum atomic E-state index is 0.439. The monoisotopic (exact) mass is 235 g/mol. The van der Waals surface area contributed by atoms with Crippen molar-refractivity contribution in [3.05, 3.63) is 83.3 Å². The first-order valence-electron chi connectivity index (χ1n) is 5.66. The third-order valence-corrected chi connectivity index (χ3v) is 2.64. The van der Waals surface area contributed by atoms with Gasteiger partial charge in [0.05, 0.1) is 0 Å². The molecule has 0 unspecified atom stereocenters. The molecule has 0 saturated heterocycles. The summed E-state index contributed by atoms with van der Waals surface area (Å²) in [5, 5.41) is 2.99. The number of benzene rings is 2. The molecule has 0 heterocycles. The minimum absolute atomic E-state index is 0.439. The Hall–Kier alpha value is -2.48. The van der Waals surface area contributed by atoms with Crippen LogP contribution < -0.4 is 0 Å². The van der Waals surface area contributed by atoms with Crippen molar-refractivity contribution in [2.75, 3.05) is 0 Å². The maximum Gasteiger partial charge on any atom is 0.115 e. The van der Waals surface area contributed by atoms with Gasteiger partial charge in [-0.3, -0.25) is 0 Å². The quantitative estimate of drug-likeness (QED) is 0.552. The summed E-state index contributed by atoms with van der Waals surface area (Å²) in [6.45, 7) is 4.00. The van der Waals surface area contributed by atoms with Crippen LogP contribution in [0.3, 0.4) is 0 Å². The van der Waals surface area contributed by atoms with E-state index in [1.807, 2.05) is 54.6 Å². The third-order valence-electron chi connectivity index (χ3n) is 2.64. The van der Waals surface area contributed by atoms with Gasteiger partial charge in [0.1, 0.15) is 5.69 Å². The maximum atomic E-state index is 10.6. The van der Waals surface area contributed by atoms with E-state index in [-0.39, 0.29) is 0 Å². The number of hydrogen-bond donors (Lipinski definition) is 0. The summed E-state index contributed by atoms with van der Waals surface area (Å²) < 4.78 is 0. The van der Waals surface area contributed by atoms with E-state index in [0.29, 0.717) is 5.69 Å². The highest BCUT2D eigenvalue weighted by Gasteiger charge is 1.98. The Morgan fingerprint density at radius 3 is 2.39 bits per heavy atom. The molecule has 0 radical (unpaired) electrons. The van der Waals surface area contributed by atoms with E-state index >= 15 is 0 Å². The number of allylic oxidation sites excluding steroid dienone is 2. The van der Waals surface area contributed by atoms with Crippen LogP contribution in [0.2, 0.25) is 0 Å². The third kappa shape index (κ3) is 2.80. The van der Waals surface area contributed by atoms with Gasteiger partial charge in [-0.1, -0.05) is 67.3 Å². The number of nitroso groups, excluding NO2 is 1. The van der Waals surface area contributed by atoms with Gasteiger partial charge in [0, 0.05) is 5.56 Å². The lowest BCUT2D eigenvalue weighted by atomic mass is 10.1. The van der Waals surface area contributed by atoms with Crippen molar-refractivity contribution in [3.63, 3.8) is 0 Å². The first-order valence-corrected chi connectivity index (χ1v) is 5.66. The van der Waals surface area contributed by atoms with Crippen LogP contribution in [0.5, 0.6) is 0 Å². The molecule has 0 aliphatic carbocycles. The van der Waals surface area contributed by atoms with Crippen LogP contribution in [-0.2, 0) is 0 Å². The fourth-order valence-electron chi connectivity index (χ4n) is 1.65. The standard InChI is InChI=1S/C16H13NO/c1-13(14-7-3-2-4-8-14)11-12-15-9-5-6-10-16(15)17-18/h2-12H,1H2/b12-11+. The molecule has 2 nitrogen and oxygen atoms in total. The molecule has 2 aromatic rings. The topological polar surface area (TPSA) is 29.4 Å². The first-order chi connectivity index (χ1) is 8.81. The molecule has 2 heteroatoms. The molecule has 18 heavy (non-hydrogen) atoms. The van der Waals surface area contributed by atoms with E-state index < -0.39 is 0 Å². The van der Waals surface area contributed by atoms with Gasteiger partial charge in [0.25, 0.3) is 0 Å². The van der Waals surface area contributed by atoms with Crippen LogP contribution in [-0.4, -0.2) is 0 Å². The van der Waals surface area contributed by atoms with Gasteiger partial charge < -0.3 is 0 Å². The number of rotatable bonds is 4. The molecule has 0 atom stereocenters. The predicted molar refractivity (Wildman–Crippen MR) is 76.4 cm³/mol. The summed E-state index contributed by atoms with van der Waals surface area (Å²) >= 11 is 0. The van der Waals surface area contributed by atoms with E-state index in [0.717, 1.165) is 16.7 Å². The van der Waals surface area contributed by atoms with E-state index in [9.17, 15) is 4.91 Å². The van der Waals surface area contributed by atoms with Crippen molar-refractivity contribution in [2.24, 2.45) is 5.18 Å². The maximum absolute atomic E-state index is 10.6. The lowest BCUT2D eigenvalue weighted by molar-refractivity contribution is 1.48. The molecule has 88 valence electrons. The van der Waals surface area contributed by atoms with Crippen molar-refractivity contribution < 1.29 is 0 Å². The normalized spacial score (nSPS) is 10.4. The molecule has 0 amide bonds. The molecular weight excluding hydrogens is 222 g/mol. The minimum Gasteiger partial charge on any atom is -0.145 e. The molecular formula is C16H13NO. The summed E-state index contributed by atoms with van der Waals surface area (Å²) in [6.07, 6.45) is 3.74. The van der Waals surface area contributed by atoms with Gasteiger partial charge in [0.15, 0.2) is 0 Å². The van der Waals surface area contributed by atoms with E-state index in [1.54, 1.807) is 12.1 Å². The average Bonchev–Trinajstić information content (AvgIpc) is 2.46. The molecule has 0 N–H and O–H groups in total. The highest BCUT2D eigenvalue weighted by atomic mass is 16.3. The summed E-state index contributed by atoms with van der Waals surface area (Å²) in [5.74, 6) is 0. The van der Waals surface area contributed by atoms with Gasteiger partial charge >= 0.3 is 0 Å². The Labute approximate surface area is 106 Å². The van der Waals surface area contributed by atoms with Gasteiger partial charge in [-0.15, -0.1) is 4.91 Å². The second kappa shape index (κ2) is 5.73. The SMILES string of the molecule is C=C(/C=C/c1ccccc1N=O)c1ccccc1. The van der Waals surface area contributed by atoms with Gasteiger partial charge in [0.2, 0.25) is 0 Å². The Kier molecular flexibility index (Phi) is 3.82. The Morgan fingerprint density at radius 1 is 1.00 bits per heavy atom. The lowest BCUT2D eigenvalue weighted by Gasteiger charge is -2.00. The molecule has 2 rings (SSSR count). The number of nitrogens with zero attached hydrogens (tertiary/aromatic N) is 1. The first kappa shape index (κ1) is 12.0. The van der Waals surface area contributed by atoms with Gasteiger partial charge in [-0.25, -0.2) is 0 Å². The molecule has 0 spiro atoms. The van der Waals surface area contributed by atoms with Gasteiger partial charge in [-0.2, -0.15) is 0 Å². The molecule has 0 aliphatic heterocycles. The van der Waals surface area contributed by atoms with E-state index in [2.05, 4.69) is 11.8 Å². The van der Waals surface area contributed by atoms with Crippen molar-refractivity contribution in [1.82, 2.24) is 0 Å². The van der Waals surface area contributed by atoms with Crippen LogP contribution in [0.4, 0.5) is 5.69 Å². The zero-order valence-corrected chi connectivity index (χ0v) is 9.91. The average molecular weight is 235 g/mol. The van der Waals surface area contributed by atoms with Crippen LogP contribution in [0.25, 0.3) is 11.6 Å². The zero-order chi connectivity index (χ0) is 12.8. The highest BCUT2D eigenvalue weighted by Crippen LogP contribution is 2.21. The van der Waals surface area contributed by atoms with Crippen molar-refractivity contribution in [2.45, 2.75) is 0 Å². The Morgan fingerprint density at radius 2 is 1.67 bits per heavy atom. The largest absolute Gasteiger partial charge is 0.145 e. The highest BCUT2D eigenvalue weighted by molar-refractivity contribution is 5.79. The Balaban J connectivity index is 2.21. The smallest absolute Gasteiger partial charge is 0.115 e. The van der Waals surface area contributed by atoms with Crippen molar-refractivity contribution >= 4 is 17.3 Å². The van der Waals surface area contributed by atoms with E-state index in [1.165, 1.54) is 0 Å². The van der Waals surface area contributed by atoms with Crippen LogP contribution in [0, 0.1) is 4.91 Å². The Bertz CT molecular complexity index is 585. The van der Waals surface area contributed by atoms with Crippen LogP contribution in [0.15, 0.2) is 72.4 Å². The second-order valence-corrected chi connectivity index (χ2v) is 3.87. The molecule has 0 fully saturated rings. The van der Waals surface area contributed by atoms with E-state index in [4.69, 9.17) is 0 Å². The molecule has 0 bridgehead atoms. The predicted octanol–water partition coefficient (Wildman–Crippen LogP) is 4.81. The summed E-state index contributed by atoms with van der Waals surface area (Å²) in [5.41, 5.74) is 3.20. The second-order valence-electron chi connectivity index (χ2n) is 3.87. The fraction of sp³-hybridized carbons (Fsp3) is 0. The van der Waals surface area contributed by atoms with Crippen molar-refractivity contribution in [1.29, 1.82) is 0 Å². The summed E-state index contributed by atoms with van der Waals surface area (Å²) in [7, 11) is 0. The van der Waals surface area contributed by atoms with Crippen molar-refractivity contribution in [3.8, 4) is 0 Å². The summed E-state index contributed by atoms with van der Waals surface area (Å²) in [6, 6.07) is 17.1. The molecule has 0 aliphatic rings. The number of hydrogen-bond acceptors (Lipinski definition) is 2.